The van der Waals surface area contributed by atoms with E-state index in [1.54, 1.807) is 33.4 Å². The van der Waals surface area contributed by atoms with Gasteiger partial charge in [-0.05, 0) is 50.5 Å². The molecule has 1 atom stereocenters. The number of hydrogen-bond donors (Lipinski definition) is 1. The van der Waals surface area contributed by atoms with E-state index in [1.807, 2.05) is 35.2 Å². The van der Waals surface area contributed by atoms with Crippen LogP contribution in [0.1, 0.15) is 42.6 Å². The van der Waals surface area contributed by atoms with Crippen molar-refractivity contribution in [1.29, 1.82) is 0 Å². The zero-order chi connectivity index (χ0) is 18.7. The number of methoxy groups -OCH3 is 1. The number of aliphatic hydroxyl groups is 1. The Morgan fingerprint density at radius 2 is 1.96 bits per heavy atom. The second kappa shape index (κ2) is 7.56. The molecule has 5 heteroatoms. The number of ether oxygens (including phenoxy) is 1. The molecule has 1 aliphatic heterocycles. The zero-order valence-corrected chi connectivity index (χ0v) is 15.6. The summed E-state index contributed by atoms with van der Waals surface area (Å²) < 4.78 is 5.40. The van der Waals surface area contributed by atoms with Crippen molar-refractivity contribution in [2.45, 2.75) is 38.4 Å². The van der Waals surface area contributed by atoms with Gasteiger partial charge in [-0.25, -0.2) is 0 Å². The number of rotatable bonds is 4. The largest absolute Gasteiger partial charge is 0.386 e. The standard InChI is InChI=1S/C21H26N2O3/c1-21(2,25)18-11-17(12-22-13-18)15-6-8-16(9-7-15)20(24)23-10-4-5-19(14-23)26-3/h6-9,11-13,19,25H,4-5,10,14H2,1-3H3/t19-/m0/s1. The number of aromatic nitrogens is 1. The number of benzene rings is 1. The van der Waals surface area contributed by atoms with E-state index in [2.05, 4.69) is 4.98 Å². The molecule has 0 radical (unpaired) electrons. The summed E-state index contributed by atoms with van der Waals surface area (Å²) in [7, 11) is 1.70. The topological polar surface area (TPSA) is 62.7 Å². The number of hydrogen-bond acceptors (Lipinski definition) is 4. The highest BCUT2D eigenvalue weighted by atomic mass is 16.5. The third kappa shape index (κ3) is 4.11. The first-order valence-electron chi connectivity index (χ1n) is 8.99. The lowest BCUT2D eigenvalue weighted by Gasteiger charge is -2.32. The first-order valence-corrected chi connectivity index (χ1v) is 8.99. The fourth-order valence-corrected chi connectivity index (χ4v) is 3.24. The average Bonchev–Trinajstić information content (AvgIpc) is 2.67. The minimum Gasteiger partial charge on any atom is -0.386 e. The normalized spacial score (nSPS) is 18.0. The molecule has 0 spiro atoms. The molecule has 0 saturated carbocycles. The molecule has 1 aromatic heterocycles. The van der Waals surface area contributed by atoms with Crippen LogP contribution in [0.25, 0.3) is 11.1 Å². The van der Waals surface area contributed by atoms with Gasteiger partial charge in [0, 0.05) is 49.3 Å². The Morgan fingerprint density at radius 1 is 1.23 bits per heavy atom. The van der Waals surface area contributed by atoms with Crippen molar-refractivity contribution in [1.82, 2.24) is 9.88 Å². The molecule has 5 nitrogen and oxygen atoms in total. The molecule has 1 fully saturated rings. The van der Waals surface area contributed by atoms with Crippen molar-refractivity contribution in [3.63, 3.8) is 0 Å². The second-order valence-corrected chi connectivity index (χ2v) is 7.35. The molecule has 138 valence electrons. The third-order valence-corrected chi connectivity index (χ3v) is 4.91. The Bertz CT molecular complexity index is 766. The molecule has 0 unspecified atom stereocenters. The van der Waals surface area contributed by atoms with E-state index in [9.17, 15) is 9.90 Å². The Kier molecular flexibility index (Phi) is 5.39. The number of carbonyl (C=O) groups excluding carboxylic acids is 1. The van der Waals surface area contributed by atoms with Gasteiger partial charge in [0.15, 0.2) is 0 Å². The van der Waals surface area contributed by atoms with Gasteiger partial charge < -0.3 is 14.7 Å². The van der Waals surface area contributed by atoms with Gasteiger partial charge in [0.1, 0.15) is 0 Å². The van der Waals surface area contributed by atoms with Crippen LogP contribution in [-0.2, 0) is 10.3 Å². The van der Waals surface area contributed by atoms with Crippen LogP contribution in [0.15, 0.2) is 42.7 Å². The maximum absolute atomic E-state index is 12.7. The van der Waals surface area contributed by atoms with Gasteiger partial charge in [-0.1, -0.05) is 12.1 Å². The van der Waals surface area contributed by atoms with Crippen LogP contribution in [0.5, 0.6) is 0 Å². The van der Waals surface area contributed by atoms with Gasteiger partial charge in [-0.15, -0.1) is 0 Å². The molecule has 1 aromatic carbocycles. The van der Waals surface area contributed by atoms with Crippen molar-refractivity contribution in [2.24, 2.45) is 0 Å². The number of nitrogens with zero attached hydrogens (tertiary/aromatic N) is 2. The summed E-state index contributed by atoms with van der Waals surface area (Å²) in [6, 6.07) is 9.49. The summed E-state index contributed by atoms with van der Waals surface area (Å²) in [5, 5.41) is 10.2. The zero-order valence-electron chi connectivity index (χ0n) is 15.6. The molecular formula is C21H26N2O3. The Labute approximate surface area is 154 Å². The number of carbonyl (C=O) groups is 1. The predicted octanol–water partition coefficient (Wildman–Crippen LogP) is 3.23. The van der Waals surface area contributed by atoms with Crippen molar-refractivity contribution >= 4 is 5.91 Å². The molecular weight excluding hydrogens is 328 g/mol. The molecule has 26 heavy (non-hydrogen) atoms. The van der Waals surface area contributed by atoms with Gasteiger partial charge >= 0.3 is 0 Å². The van der Waals surface area contributed by atoms with Crippen LogP contribution in [-0.4, -0.2) is 47.2 Å². The summed E-state index contributed by atoms with van der Waals surface area (Å²) in [5.74, 6) is 0.0432. The third-order valence-electron chi connectivity index (χ3n) is 4.91. The highest BCUT2D eigenvalue weighted by molar-refractivity contribution is 5.94. The number of pyridine rings is 1. The number of amides is 1. The fraction of sp³-hybridized carbons (Fsp3) is 0.429. The van der Waals surface area contributed by atoms with Crippen LogP contribution in [0.4, 0.5) is 0 Å². The Morgan fingerprint density at radius 3 is 2.62 bits per heavy atom. The molecule has 1 amide bonds. The van der Waals surface area contributed by atoms with E-state index in [0.717, 1.165) is 36.1 Å². The van der Waals surface area contributed by atoms with Crippen LogP contribution < -0.4 is 0 Å². The summed E-state index contributed by atoms with van der Waals surface area (Å²) in [6.45, 7) is 4.90. The summed E-state index contributed by atoms with van der Waals surface area (Å²) in [5.41, 5.74) is 2.38. The van der Waals surface area contributed by atoms with Crippen LogP contribution >= 0.6 is 0 Å². The second-order valence-electron chi connectivity index (χ2n) is 7.35. The summed E-state index contributed by atoms with van der Waals surface area (Å²) in [6.07, 6.45) is 5.54. The minimum absolute atomic E-state index is 0.0432. The fourth-order valence-electron chi connectivity index (χ4n) is 3.24. The first kappa shape index (κ1) is 18.5. The average molecular weight is 354 g/mol. The number of likely N-dealkylation sites (tertiary alicyclic amines) is 1. The molecule has 0 bridgehead atoms. The van der Waals surface area contributed by atoms with Crippen molar-refractivity contribution < 1.29 is 14.6 Å². The quantitative estimate of drug-likeness (QED) is 0.916. The Balaban J connectivity index is 1.77. The van der Waals surface area contributed by atoms with Crippen molar-refractivity contribution in [3.8, 4) is 11.1 Å². The van der Waals surface area contributed by atoms with Crippen molar-refractivity contribution in [2.75, 3.05) is 20.2 Å². The lowest BCUT2D eigenvalue weighted by molar-refractivity contribution is 0.0269. The van der Waals surface area contributed by atoms with Gasteiger partial charge in [-0.3, -0.25) is 9.78 Å². The molecule has 3 rings (SSSR count). The smallest absolute Gasteiger partial charge is 0.253 e. The predicted molar refractivity (Wildman–Crippen MR) is 101 cm³/mol. The lowest BCUT2D eigenvalue weighted by Crippen LogP contribution is -2.42. The lowest BCUT2D eigenvalue weighted by atomic mass is 9.96. The molecule has 0 aliphatic carbocycles. The molecule has 1 saturated heterocycles. The highest BCUT2D eigenvalue weighted by Crippen LogP contribution is 2.26. The Hall–Kier alpha value is -2.24. The highest BCUT2D eigenvalue weighted by Gasteiger charge is 2.24. The molecule has 2 heterocycles. The number of piperidine rings is 1. The van der Waals surface area contributed by atoms with Crippen LogP contribution in [0.3, 0.4) is 0 Å². The van der Waals surface area contributed by atoms with Gasteiger partial charge in [0.05, 0.1) is 11.7 Å². The van der Waals surface area contributed by atoms with E-state index >= 15 is 0 Å². The SMILES string of the molecule is CO[C@H]1CCCN(C(=O)c2ccc(-c3cncc(C(C)(C)O)c3)cc2)C1. The summed E-state index contributed by atoms with van der Waals surface area (Å²) in [4.78, 5) is 18.8. The van der Waals surface area contributed by atoms with Crippen molar-refractivity contribution in [3.05, 3.63) is 53.9 Å². The van der Waals surface area contributed by atoms with E-state index in [4.69, 9.17) is 4.74 Å². The van der Waals surface area contributed by atoms with Gasteiger partial charge in [-0.2, -0.15) is 0 Å². The van der Waals surface area contributed by atoms with E-state index in [-0.39, 0.29) is 12.0 Å². The first-order chi connectivity index (χ1) is 12.4. The van der Waals surface area contributed by atoms with E-state index in [1.165, 1.54) is 0 Å². The van der Waals surface area contributed by atoms with Gasteiger partial charge in [0.2, 0.25) is 0 Å². The van der Waals surface area contributed by atoms with E-state index < -0.39 is 5.60 Å². The van der Waals surface area contributed by atoms with Crippen LogP contribution in [0, 0.1) is 0 Å². The maximum Gasteiger partial charge on any atom is 0.253 e. The molecule has 1 aliphatic rings. The molecule has 2 aromatic rings. The monoisotopic (exact) mass is 354 g/mol. The van der Waals surface area contributed by atoms with Crippen LogP contribution in [0.2, 0.25) is 0 Å². The van der Waals surface area contributed by atoms with E-state index in [0.29, 0.717) is 12.1 Å². The maximum atomic E-state index is 12.7. The minimum atomic E-state index is -0.939. The van der Waals surface area contributed by atoms with Gasteiger partial charge in [0.25, 0.3) is 5.91 Å². The molecule has 1 N–H and O–H groups in total. The summed E-state index contributed by atoms with van der Waals surface area (Å²) >= 11 is 0.